The van der Waals surface area contributed by atoms with Crippen molar-refractivity contribution in [3.63, 3.8) is 0 Å². The third kappa shape index (κ3) is 9.62. The Hall–Kier alpha value is 3.62. The first-order valence-electron chi connectivity index (χ1n) is 1.27. The molecule has 0 N–H and O–H groups in total. The smallest absolute Gasteiger partial charge is 0.00767 e. The maximum Gasteiger partial charge on any atom is -0.00767 e. The van der Waals surface area contributed by atoms with Gasteiger partial charge in [0.05, 0.1) is 0 Å². The fourth-order valence-corrected chi connectivity index (χ4v) is 0. The molecule has 0 bridgehead atoms. The Morgan fingerprint density at radius 3 is 1.29 bits per heavy atom. The molecule has 7 heavy (non-hydrogen) atoms. The quantitative estimate of drug-likeness (QED) is 0.263. The molecule has 0 aliphatic rings. The van der Waals surface area contributed by atoms with Crippen molar-refractivity contribution < 1.29 is 0 Å². The minimum Gasteiger partial charge on any atom is -0.101 e. The van der Waals surface area contributed by atoms with Crippen molar-refractivity contribution in [2.45, 2.75) is 0 Å². The molecule has 0 nitrogen and oxygen atoms in total. The van der Waals surface area contributed by atoms with Crippen LogP contribution >= 0.6 is 92.5 Å². The second kappa shape index (κ2) is 3.34. The summed E-state index contributed by atoms with van der Waals surface area (Å²) in [5, 5.41) is 0. The van der Waals surface area contributed by atoms with Crippen LogP contribution in [0.3, 0.4) is 0 Å². The van der Waals surface area contributed by atoms with E-state index in [0.717, 1.165) is 0 Å². The van der Waals surface area contributed by atoms with Gasteiger partial charge in [-0.15, -0.1) is 10.8 Å². The minimum absolute atomic E-state index is 1.28. The van der Waals surface area contributed by atoms with Crippen molar-refractivity contribution in [2.75, 3.05) is 6.26 Å². The lowest BCUT2D eigenvalue weighted by Crippen LogP contribution is -1.60. The van der Waals surface area contributed by atoms with Crippen molar-refractivity contribution >= 4 is 92.5 Å². The number of hydrogen-bond acceptors (Lipinski definition) is 1. The van der Waals surface area contributed by atoms with E-state index in [9.17, 15) is 0 Å². The fraction of sp³-hybridized carbons (Fsp3) is 1.00. The average molecular weight is 588 g/mol. The van der Waals surface area contributed by atoms with Crippen LogP contribution in [0.2, 0.25) is 0 Å². The molecule has 0 aromatic heterocycles. The van der Waals surface area contributed by atoms with Crippen LogP contribution in [0.5, 0.6) is 0 Å². The zero-order valence-corrected chi connectivity index (χ0v) is 13.7. The minimum atomic E-state index is -1.28. The van der Waals surface area contributed by atoms with Gasteiger partial charge in [0.25, 0.3) is 0 Å². The normalized spacial score (nSPS) is 18.1. The van der Waals surface area contributed by atoms with Gasteiger partial charge in [0.1, 0.15) is 0 Å². The van der Waals surface area contributed by atoms with E-state index in [4.69, 9.17) is 0 Å². The number of rotatable bonds is 1. The average Bonchev–Trinajstić information content (AvgIpc) is 1.32. The van der Waals surface area contributed by atoms with Crippen molar-refractivity contribution in [2.24, 2.45) is 0 Å². The predicted octanol–water partition coefficient (Wildman–Crippen LogP) is 4.74. The van der Waals surface area contributed by atoms with Gasteiger partial charge in [-0.2, -0.15) is 0 Å². The zero-order valence-electron chi connectivity index (χ0n) is 3.37. The van der Waals surface area contributed by atoms with Crippen molar-refractivity contribution in [3.8, 4) is 0 Å². The Labute approximate surface area is 96.1 Å². The maximum atomic E-state index is 2.53. The van der Waals surface area contributed by atoms with Crippen LogP contribution < -0.4 is 0 Å². The van der Waals surface area contributed by atoms with E-state index in [0.29, 0.717) is 0 Å². The predicted molar refractivity (Wildman–Crippen MR) is 78.6 cm³/mol. The van der Waals surface area contributed by atoms with Crippen LogP contribution in [0.15, 0.2) is 0 Å². The van der Waals surface area contributed by atoms with Gasteiger partial charge in [0.2, 0.25) is 0 Å². The number of halogens is 4. The van der Waals surface area contributed by atoms with Gasteiger partial charge >= 0.3 is 0 Å². The molecular weight excluding hydrogens is 584 g/mol. The number of hydrogen-bond donors (Lipinski definition) is 1. The summed E-state index contributed by atoms with van der Waals surface area (Å²) >= 11 is 10.1. The summed E-state index contributed by atoms with van der Waals surface area (Å²) in [5.74, 6) is 0. The standard InChI is InChI=1S/CH4I4S2/c1-6-7(2,3,4)5/h7H,1H3. The monoisotopic (exact) mass is 588 g/mol. The molecule has 0 radical (unpaired) electrons. The first kappa shape index (κ1) is 10.6. The van der Waals surface area contributed by atoms with Crippen LogP contribution in [0, 0.1) is 0 Å². The van der Waals surface area contributed by atoms with Gasteiger partial charge in [0, 0.05) is 0 Å². The van der Waals surface area contributed by atoms with E-state index < -0.39 is -3.12 Å². The maximum absolute atomic E-state index is 2.53. The fourth-order valence-electron chi connectivity index (χ4n) is 0. The molecule has 0 saturated carbocycles. The second-order valence-corrected chi connectivity index (χ2v) is 70.1. The summed E-state index contributed by atoms with van der Waals surface area (Å²) in [6.07, 6.45) is 2.16. The van der Waals surface area contributed by atoms with Crippen LogP contribution in [0.25, 0.3) is 0 Å². The van der Waals surface area contributed by atoms with Gasteiger partial charge in [-0.05, 0) is 91.1 Å². The molecule has 0 saturated heterocycles. The Morgan fingerprint density at radius 1 is 1.14 bits per heavy atom. The molecule has 0 amide bonds. The molecule has 0 spiro atoms. The Bertz CT molecular complexity index is 62.2. The summed E-state index contributed by atoms with van der Waals surface area (Å²) in [7, 11) is 1.96. The lowest BCUT2D eigenvalue weighted by molar-refractivity contribution is 2.55. The SMILES string of the molecule is CS[SH](I)(I)(I)I. The molecule has 0 aliphatic carbocycles. The third-order valence-electron chi connectivity index (χ3n) is 0.276. The lowest BCUT2D eigenvalue weighted by Gasteiger charge is -2.34. The largest absolute Gasteiger partial charge is 0.101 e. The second-order valence-electron chi connectivity index (χ2n) is 0.842. The van der Waals surface area contributed by atoms with Crippen LogP contribution in [-0.4, -0.2) is 6.26 Å². The van der Waals surface area contributed by atoms with Crippen molar-refractivity contribution in [1.29, 1.82) is 0 Å². The van der Waals surface area contributed by atoms with Gasteiger partial charge in [-0.1, -0.05) is -3.12 Å². The highest BCUT2D eigenvalue weighted by atomic mass is 127. The zero-order chi connectivity index (χ0) is 6.15. The molecule has 48 valence electrons. The first-order valence-corrected chi connectivity index (χ1v) is 16.5. The summed E-state index contributed by atoms with van der Waals surface area (Å²) in [6, 6.07) is 0. The molecule has 0 atom stereocenters. The molecule has 0 aliphatic heterocycles. The van der Waals surface area contributed by atoms with Crippen molar-refractivity contribution in [1.82, 2.24) is 0 Å². The molecule has 0 aromatic carbocycles. The summed E-state index contributed by atoms with van der Waals surface area (Å²) in [5.41, 5.74) is 0. The Morgan fingerprint density at radius 2 is 1.29 bits per heavy atom. The van der Waals surface area contributed by atoms with E-state index in [1.165, 1.54) is 0 Å². The third-order valence-corrected chi connectivity index (χ3v) is 16.7. The van der Waals surface area contributed by atoms with Crippen LogP contribution in [-0.2, 0) is 0 Å². The van der Waals surface area contributed by atoms with Crippen LogP contribution in [0.1, 0.15) is 0 Å². The first-order chi connectivity index (χ1) is 2.81. The Balaban J connectivity index is 3.83. The Kier molecular flexibility index (Phi) is 5.07. The van der Waals surface area contributed by atoms with Crippen molar-refractivity contribution in [3.05, 3.63) is 0 Å². The van der Waals surface area contributed by atoms with Gasteiger partial charge < -0.3 is 0 Å². The number of thiol groups is 1. The highest BCUT2D eigenvalue weighted by Gasteiger charge is 2.24. The lowest BCUT2D eigenvalue weighted by atomic mass is 12.0. The molecular formula is CH4I4S2. The van der Waals surface area contributed by atoms with E-state index in [1.807, 2.05) is 10.8 Å². The molecule has 0 rings (SSSR count). The topological polar surface area (TPSA) is 0 Å². The van der Waals surface area contributed by atoms with E-state index >= 15 is 0 Å². The molecule has 0 aromatic rings. The van der Waals surface area contributed by atoms with E-state index in [2.05, 4.69) is 91.1 Å². The molecule has 0 fully saturated rings. The highest BCUT2D eigenvalue weighted by molar-refractivity contribution is 14.6. The summed E-state index contributed by atoms with van der Waals surface area (Å²) in [6.45, 7) is 0. The van der Waals surface area contributed by atoms with Crippen LogP contribution in [0.4, 0.5) is 0 Å². The summed E-state index contributed by atoms with van der Waals surface area (Å²) < 4.78 is -1.28. The van der Waals surface area contributed by atoms with E-state index in [1.54, 1.807) is 0 Å². The van der Waals surface area contributed by atoms with Gasteiger partial charge in [-0.3, -0.25) is 0 Å². The van der Waals surface area contributed by atoms with E-state index in [-0.39, 0.29) is 0 Å². The van der Waals surface area contributed by atoms with Gasteiger partial charge in [0.15, 0.2) is 0 Å². The molecule has 6 heteroatoms. The molecule has 0 unspecified atom stereocenters. The molecule has 0 heterocycles. The summed E-state index contributed by atoms with van der Waals surface area (Å²) in [4.78, 5) is 0. The van der Waals surface area contributed by atoms with Gasteiger partial charge in [-0.25, -0.2) is 0 Å². The highest BCUT2D eigenvalue weighted by Crippen LogP contribution is 3.02.